The molecule has 0 aromatic heterocycles. The van der Waals surface area contributed by atoms with Gasteiger partial charge in [0.2, 0.25) is 0 Å². The molecular weight excluding hydrogens is 193 g/mol. The van der Waals surface area contributed by atoms with Crippen molar-refractivity contribution in [1.29, 1.82) is 0 Å². The second-order valence-electron chi connectivity index (χ2n) is 3.03. The number of nitrogens with zero attached hydrogens (tertiary/aromatic N) is 1. The largest absolute Gasteiger partial charge is 0.381 e. The molecule has 0 rings (SSSR count). The highest BCUT2D eigenvalue weighted by atomic mass is 32.2. The first-order valence-corrected chi connectivity index (χ1v) is 6.31. The van der Waals surface area contributed by atoms with E-state index < -0.39 is 10.0 Å². The first-order valence-electron chi connectivity index (χ1n) is 4.70. The van der Waals surface area contributed by atoms with Crippen molar-refractivity contribution in [3.63, 3.8) is 0 Å². The van der Waals surface area contributed by atoms with Crippen molar-refractivity contribution in [1.82, 2.24) is 4.53 Å². The van der Waals surface area contributed by atoms with E-state index in [1.54, 1.807) is 6.92 Å². The molecule has 0 amide bonds. The first-order chi connectivity index (χ1) is 6.04. The van der Waals surface area contributed by atoms with Gasteiger partial charge >= 0.3 is 10.0 Å². The molecule has 0 aromatic carbocycles. The molecule has 3 nitrogen and oxygen atoms in total. The zero-order valence-electron chi connectivity index (χ0n) is 8.29. The van der Waals surface area contributed by atoms with Crippen LogP contribution in [0.2, 0.25) is 0 Å². The van der Waals surface area contributed by atoms with Crippen molar-refractivity contribution in [3.05, 3.63) is 0 Å². The van der Waals surface area contributed by atoms with Crippen molar-refractivity contribution in [2.75, 3.05) is 12.3 Å². The van der Waals surface area contributed by atoms with Gasteiger partial charge in [0.05, 0.1) is 4.48 Å². The quantitative estimate of drug-likeness (QED) is 0.477. The van der Waals surface area contributed by atoms with E-state index in [1.165, 1.54) is 0 Å². The third kappa shape index (κ3) is 5.21. The van der Waals surface area contributed by atoms with Crippen LogP contribution < -0.4 is 4.53 Å². The first kappa shape index (κ1) is 12.8. The van der Waals surface area contributed by atoms with Gasteiger partial charge in [-0.1, -0.05) is 20.3 Å². The molecule has 0 heterocycles. The van der Waals surface area contributed by atoms with Crippen LogP contribution in [-0.4, -0.2) is 20.7 Å². The van der Waals surface area contributed by atoms with Gasteiger partial charge in [0.1, 0.15) is 5.75 Å². The Morgan fingerprint density at radius 2 is 1.77 bits per heavy atom. The van der Waals surface area contributed by atoms with Gasteiger partial charge < -0.3 is 0 Å². The predicted molar refractivity (Wildman–Crippen MR) is 51.7 cm³/mol. The van der Waals surface area contributed by atoms with Crippen LogP contribution >= 0.6 is 0 Å². The minimum atomic E-state index is -3.62. The molecule has 0 aliphatic heterocycles. The molecule has 13 heavy (non-hydrogen) atoms. The second-order valence-corrected chi connectivity index (χ2v) is 5.00. The van der Waals surface area contributed by atoms with Gasteiger partial charge in [-0.3, -0.25) is 0 Å². The number of hydrogen-bond acceptors (Lipinski definition) is 2. The highest BCUT2D eigenvalue weighted by Crippen LogP contribution is 2.03. The van der Waals surface area contributed by atoms with Crippen molar-refractivity contribution in [2.45, 2.75) is 39.5 Å². The molecule has 0 unspecified atom stereocenters. The van der Waals surface area contributed by atoms with Gasteiger partial charge in [-0.05, 0) is 12.8 Å². The number of unbranched alkanes of at least 4 members (excludes halogenated alkanes) is 2. The summed E-state index contributed by atoms with van der Waals surface area (Å²) in [5.74, 6) is -0.102. The highest BCUT2D eigenvalue weighted by molar-refractivity contribution is 7.89. The molecule has 79 valence electrons. The van der Waals surface area contributed by atoms with Crippen molar-refractivity contribution in [2.24, 2.45) is 0 Å². The standard InChI is InChI=1S/C8H18FNO2S/c1-3-5-6-7-10(9)13(11,12)8-4-2/h3-8H2,1-2H3/q+1. The molecule has 0 bridgehead atoms. The summed E-state index contributed by atoms with van der Waals surface area (Å²) in [4.78, 5) is 0. The normalized spacial score (nSPS) is 12.3. The molecule has 0 atom stereocenters. The molecule has 0 aliphatic carbocycles. The van der Waals surface area contributed by atoms with Gasteiger partial charge in [0.25, 0.3) is 0 Å². The maximum absolute atomic E-state index is 12.9. The molecule has 5 heteroatoms. The average molecular weight is 211 g/mol. The summed E-state index contributed by atoms with van der Waals surface area (Å²) in [6.07, 6.45) is 2.87. The molecule has 0 saturated carbocycles. The van der Waals surface area contributed by atoms with Gasteiger partial charge in [0.15, 0.2) is 11.1 Å². The van der Waals surface area contributed by atoms with Crippen molar-refractivity contribution >= 4 is 10.0 Å². The van der Waals surface area contributed by atoms with Crippen LogP contribution in [0, 0.1) is 0 Å². The molecular formula is C8H18FNO2S+. The maximum Gasteiger partial charge on any atom is 0.381 e. The van der Waals surface area contributed by atoms with Gasteiger partial charge in [-0.15, -0.1) is 0 Å². The summed E-state index contributed by atoms with van der Waals surface area (Å²) in [5, 5.41) is 0. The van der Waals surface area contributed by atoms with Gasteiger partial charge in [-0.25, -0.2) is 0 Å². The Morgan fingerprint density at radius 3 is 2.23 bits per heavy atom. The number of sulfonamides is 1. The predicted octanol–water partition coefficient (Wildman–Crippen LogP) is 1.94. The molecule has 0 saturated heterocycles. The van der Waals surface area contributed by atoms with E-state index in [9.17, 15) is 12.9 Å². The monoisotopic (exact) mass is 211 g/mol. The molecule has 0 fully saturated rings. The zero-order valence-corrected chi connectivity index (χ0v) is 9.11. The van der Waals surface area contributed by atoms with Gasteiger partial charge in [0, 0.05) is 6.42 Å². The van der Waals surface area contributed by atoms with Crippen LogP contribution in [0.4, 0.5) is 4.48 Å². The van der Waals surface area contributed by atoms with Crippen LogP contribution in [-0.2, 0) is 10.0 Å². The SMILES string of the molecule is CCCCC[N+](F)S(=O)(=O)CCC. The Labute approximate surface area is 79.9 Å². The fraction of sp³-hybridized carbons (Fsp3) is 1.00. The van der Waals surface area contributed by atoms with E-state index in [4.69, 9.17) is 0 Å². The molecule has 0 aliphatic rings. The summed E-state index contributed by atoms with van der Waals surface area (Å²) < 4.78 is 35.1. The maximum atomic E-state index is 12.9. The lowest BCUT2D eigenvalue weighted by molar-refractivity contribution is 0.244. The van der Waals surface area contributed by atoms with Crippen LogP contribution in [0.25, 0.3) is 0 Å². The molecule has 1 radical (unpaired) electrons. The lowest BCUT2D eigenvalue weighted by Crippen LogP contribution is -2.31. The summed E-state index contributed by atoms with van der Waals surface area (Å²) in [5.41, 5.74) is 0. The summed E-state index contributed by atoms with van der Waals surface area (Å²) in [6, 6.07) is 0. The van der Waals surface area contributed by atoms with Gasteiger partial charge in [-0.2, -0.15) is 8.42 Å². The van der Waals surface area contributed by atoms with Crippen molar-refractivity contribution in [3.8, 4) is 0 Å². The molecule has 0 N–H and O–H groups in total. The third-order valence-corrected chi connectivity index (χ3v) is 3.41. The Bertz CT molecular complexity index is 216. The van der Waals surface area contributed by atoms with E-state index in [0.29, 0.717) is 12.8 Å². The smallest absolute Gasteiger partial charge is 0.165 e. The fourth-order valence-electron chi connectivity index (χ4n) is 0.982. The second kappa shape index (κ2) is 6.32. The Balaban J connectivity index is 3.87. The van der Waals surface area contributed by atoms with E-state index in [2.05, 4.69) is 0 Å². The summed E-state index contributed by atoms with van der Waals surface area (Å²) in [6.45, 7) is 3.71. The number of rotatable bonds is 7. The van der Waals surface area contributed by atoms with E-state index in [0.717, 1.165) is 12.8 Å². The average Bonchev–Trinajstić information content (AvgIpc) is 2.04. The van der Waals surface area contributed by atoms with Crippen LogP contribution in [0.3, 0.4) is 0 Å². The molecule has 0 aromatic rings. The number of hydrogen-bond donors (Lipinski definition) is 0. The minimum Gasteiger partial charge on any atom is -0.165 e. The third-order valence-electron chi connectivity index (χ3n) is 1.70. The lowest BCUT2D eigenvalue weighted by atomic mass is 10.3. The summed E-state index contributed by atoms with van der Waals surface area (Å²) >= 11 is 0. The Hall–Kier alpha value is -0.160. The lowest BCUT2D eigenvalue weighted by Gasteiger charge is -1.98. The topological polar surface area (TPSA) is 40.0 Å². The van der Waals surface area contributed by atoms with Crippen LogP contribution in [0.1, 0.15) is 39.5 Å². The molecule has 0 spiro atoms. The number of halogens is 1. The summed E-state index contributed by atoms with van der Waals surface area (Å²) in [7, 11) is -3.62. The van der Waals surface area contributed by atoms with Crippen molar-refractivity contribution < 1.29 is 12.9 Å². The zero-order chi connectivity index (χ0) is 10.3. The Morgan fingerprint density at radius 1 is 1.15 bits per heavy atom. The highest BCUT2D eigenvalue weighted by Gasteiger charge is 2.32. The minimum absolute atomic E-state index is 0.00380. The Kier molecular flexibility index (Phi) is 6.24. The van der Waals surface area contributed by atoms with Crippen LogP contribution in [0.15, 0.2) is 0 Å². The fourth-order valence-corrected chi connectivity index (χ4v) is 2.10. The van der Waals surface area contributed by atoms with E-state index in [-0.39, 0.29) is 16.8 Å². The van der Waals surface area contributed by atoms with E-state index >= 15 is 0 Å². The van der Waals surface area contributed by atoms with Crippen LogP contribution in [0.5, 0.6) is 0 Å². The van der Waals surface area contributed by atoms with E-state index in [1.807, 2.05) is 6.92 Å².